The molecule has 0 aromatic heterocycles. The van der Waals surface area contributed by atoms with Gasteiger partial charge in [0, 0.05) is 6.54 Å². The Morgan fingerprint density at radius 3 is 2.53 bits per heavy atom. The second-order valence-corrected chi connectivity index (χ2v) is 5.85. The van der Waals surface area contributed by atoms with Gasteiger partial charge in [0.05, 0.1) is 22.7 Å². The molecule has 0 bridgehead atoms. The van der Waals surface area contributed by atoms with Crippen LogP contribution in [-0.4, -0.2) is 23.6 Å². The number of rotatable bonds is 4. The Morgan fingerprint density at radius 1 is 1.35 bits per heavy atom. The molecule has 17 heavy (non-hydrogen) atoms. The van der Waals surface area contributed by atoms with Crippen LogP contribution in [0.2, 0.25) is 5.02 Å². The summed E-state index contributed by atoms with van der Waals surface area (Å²) < 4.78 is 0. The summed E-state index contributed by atoms with van der Waals surface area (Å²) in [5.41, 5.74) is 2.11. The van der Waals surface area contributed by atoms with E-state index >= 15 is 0 Å². The number of hydrogen-bond acceptors (Lipinski definition) is 2. The smallest absolute Gasteiger partial charge is 0.0847 e. The van der Waals surface area contributed by atoms with E-state index in [0.717, 1.165) is 5.69 Å². The van der Waals surface area contributed by atoms with Gasteiger partial charge in [-0.1, -0.05) is 38.4 Å². The van der Waals surface area contributed by atoms with E-state index in [1.807, 2.05) is 18.2 Å². The fraction of sp³-hybridized carbons (Fsp3) is 0.538. The summed E-state index contributed by atoms with van der Waals surface area (Å²) in [4.78, 5) is 0. The van der Waals surface area contributed by atoms with Crippen LogP contribution in [0.4, 0.5) is 5.69 Å². The predicted molar refractivity (Wildman–Crippen MR) is 75.4 cm³/mol. The quantitative estimate of drug-likeness (QED) is 0.823. The Bertz CT molecular complexity index is 374. The van der Waals surface area contributed by atoms with E-state index in [4.69, 9.17) is 23.2 Å². The van der Waals surface area contributed by atoms with Gasteiger partial charge in [0.15, 0.2) is 0 Å². The number of aliphatic hydroxyl groups excluding tert-OH is 1. The highest BCUT2D eigenvalue weighted by Crippen LogP contribution is 2.29. The Labute approximate surface area is 113 Å². The van der Waals surface area contributed by atoms with E-state index in [-0.39, 0.29) is 11.3 Å². The van der Waals surface area contributed by atoms with Crippen LogP contribution in [0, 0.1) is 0 Å². The summed E-state index contributed by atoms with van der Waals surface area (Å²) >= 11 is 11.6. The SMILES string of the molecule is CC(C)(C)c1ccc(Cl)c(NCC(O)CCl)c1. The van der Waals surface area contributed by atoms with E-state index in [9.17, 15) is 5.11 Å². The largest absolute Gasteiger partial charge is 0.390 e. The van der Waals surface area contributed by atoms with E-state index < -0.39 is 6.10 Å². The van der Waals surface area contributed by atoms with Gasteiger partial charge in [-0.3, -0.25) is 0 Å². The van der Waals surface area contributed by atoms with Gasteiger partial charge >= 0.3 is 0 Å². The maximum absolute atomic E-state index is 9.40. The molecular formula is C13H19Cl2NO. The van der Waals surface area contributed by atoms with Gasteiger partial charge < -0.3 is 10.4 Å². The van der Waals surface area contributed by atoms with Gasteiger partial charge in [-0.15, -0.1) is 11.6 Å². The lowest BCUT2D eigenvalue weighted by atomic mass is 9.87. The normalized spacial score (nSPS) is 13.5. The minimum Gasteiger partial charge on any atom is -0.390 e. The van der Waals surface area contributed by atoms with Crippen LogP contribution >= 0.6 is 23.2 Å². The summed E-state index contributed by atoms with van der Waals surface area (Å²) in [7, 11) is 0. The van der Waals surface area contributed by atoms with Crippen LogP contribution in [-0.2, 0) is 5.41 Å². The average Bonchev–Trinajstić information content (AvgIpc) is 2.26. The van der Waals surface area contributed by atoms with Crippen molar-refractivity contribution in [1.82, 2.24) is 0 Å². The lowest BCUT2D eigenvalue weighted by Gasteiger charge is -2.21. The van der Waals surface area contributed by atoms with E-state index in [2.05, 4.69) is 26.1 Å². The number of anilines is 1. The van der Waals surface area contributed by atoms with E-state index in [1.165, 1.54) is 5.56 Å². The first-order chi connectivity index (χ1) is 7.84. The molecule has 4 heteroatoms. The second-order valence-electron chi connectivity index (χ2n) is 5.13. The monoisotopic (exact) mass is 275 g/mol. The van der Waals surface area contributed by atoms with Crippen molar-refractivity contribution in [2.45, 2.75) is 32.3 Å². The molecule has 0 aliphatic rings. The fourth-order valence-corrected chi connectivity index (χ4v) is 1.70. The maximum atomic E-state index is 9.40. The second kappa shape index (κ2) is 5.94. The summed E-state index contributed by atoms with van der Waals surface area (Å²) in [6.45, 7) is 6.84. The molecule has 1 aromatic carbocycles. The molecule has 96 valence electrons. The highest BCUT2D eigenvalue weighted by atomic mass is 35.5. The molecule has 0 amide bonds. The Hall–Kier alpha value is -0.440. The van der Waals surface area contributed by atoms with Crippen molar-refractivity contribution in [3.05, 3.63) is 28.8 Å². The first-order valence-electron chi connectivity index (χ1n) is 5.62. The van der Waals surface area contributed by atoms with E-state index in [0.29, 0.717) is 11.6 Å². The van der Waals surface area contributed by atoms with E-state index in [1.54, 1.807) is 0 Å². The van der Waals surface area contributed by atoms with Crippen LogP contribution < -0.4 is 5.32 Å². The number of aliphatic hydroxyl groups is 1. The Balaban J connectivity index is 2.84. The summed E-state index contributed by atoms with van der Waals surface area (Å²) in [5, 5.41) is 13.2. The molecule has 0 aliphatic carbocycles. The number of hydrogen-bond donors (Lipinski definition) is 2. The molecule has 0 saturated heterocycles. The number of halogens is 2. The van der Waals surface area contributed by atoms with Gasteiger partial charge in [0.1, 0.15) is 0 Å². The Kier molecular flexibility index (Phi) is 5.11. The molecular weight excluding hydrogens is 257 g/mol. The predicted octanol–water partition coefficient (Wildman–Crippen LogP) is 3.65. The fourth-order valence-electron chi connectivity index (χ4n) is 1.41. The molecule has 0 spiro atoms. The molecule has 2 N–H and O–H groups in total. The molecule has 0 fully saturated rings. The van der Waals surface area contributed by atoms with Gasteiger partial charge in [0.2, 0.25) is 0 Å². The van der Waals surface area contributed by atoms with Gasteiger partial charge in [-0.05, 0) is 23.1 Å². The first kappa shape index (κ1) is 14.6. The summed E-state index contributed by atoms with van der Waals surface area (Å²) in [6, 6.07) is 5.91. The van der Waals surface area contributed by atoms with Crippen molar-refractivity contribution in [3.8, 4) is 0 Å². The number of alkyl halides is 1. The zero-order valence-corrected chi connectivity index (χ0v) is 11.9. The van der Waals surface area contributed by atoms with Crippen molar-refractivity contribution in [3.63, 3.8) is 0 Å². The zero-order valence-electron chi connectivity index (χ0n) is 10.4. The summed E-state index contributed by atoms with van der Waals surface area (Å²) in [5.74, 6) is 0.212. The lowest BCUT2D eigenvalue weighted by Crippen LogP contribution is -2.21. The maximum Gasteiger partial charge on any atom is 0.0847 e. The molecule has 0 aliphatic heterocycles. The highest BCUT2D eigenvalue weighted by Gasteiger charge is 2.15. The zero-order chi connectivity index (χ0) is 13.1. The minimum atomic E-state index is -0.564. The molecule has 1 atom stereocenters. The Morgan fingerprint density at radius 2 is 2.00 bits per heavy atom. The molecule has 1 aromatic rings. The van der Waals surface area contributed by atoms with Crippen molar-refractivity contribution in [2.24, 2.45) is 0 Å². The van der Waals surface area contributed by atoms with Crippen LogP contribution in [0.5, 0.6) is 0 Å². The van der Waals surface area contributed by atoms with Crippen molar-refractivity contribution in [1.29, 1.82) is 0 Å². The molecule has 0 heterocycles. The van der Waals surface area contributed by atoms with Gasteiger partial charge in [-0.25, -0.2) is 0 Å². The van der Waals surface area contributed by atoms with Gasteiger partial charge in [-0.2, -0.15) is 0 Å². The molecule has 1 unspecified atom stereocenters. The third-order valence-electron chi connectivity index (χ3n) is 2.54. The molecule has 0 saturated carbocycles. The molecule has 1 rings (SSSR count). The standard InChI is InChI=1S/C13H19Cl2NO/c1-13(2,3)9-4-5-11(15)12(6-9)16-8-10(17)7-14/h4-6,10,16-17H,7-8H2,1-3H3. The number of nitrogens with one attached hydrogen (secondary N) is 1. The third-order valence-corrected chi connectivity index (χ3v) is 3.22. The van der Waals surface area contributed by atoms with Crippen LogP contribution in [0.1, 0.15) is 26.3 Å². The van der Waals surface area contributed by atoms with Crippen molar-refractivity contribution in [2.75, 3.05) is 17.7 Å². The summed E-state index contributed by atoms with van der Waals surface area (Å²) in [6.07, 6.45) is -0.564. The molecule has 2 nitrogen and oxygen atoms in total. The van der Waals surface area contributed by atoms with Crippen LogP contribution in [0.3, 0.4) is 0 Å². The van der Waals surface area contributed by atoms with Crippen LogP contribution in [0.15, 0.2) is 18.2 Å². The van der Waals surface area contributed by atoms with Crippen LogP contribution in [0.25, 0.3) is 0 Å². The third kappa shape index (κ3) is 4.38. The molecule has 0 radical (unpaired) electrons. The average molecular weight is 276 g/mol. The lowest BCUT2D eigenvalue weighted by molar-refractivity contribution is 0.211. The topological polar surface area (TPSA) is 32.3 Å². The van der Waals surface area contributed by atoms with Gasteiger partial charge in [0.25, 0.3) is 0 Å². The minimum absolute atomic E-state index is 0.0755. The first-order valence-corrected chi connectivity index (χ1v) is 6.54. The number of benzene rings is 1. The van der Waals surface area contributed by atoms with Crippen molar-refractivity contribution < 1.29 is 5.11 Å². The van der Waals surface area contributed by atoms with Crippen molar-refractivity contribution >= 4 is 28.9 Å². The highest BCUT2D eigenvalue weighted by molar-refractivity contribution is 6.33.